The molecule has 0 saturated carbocycles. The summed E-state index contributed by atoms with van der Waals surface area (Å²) in [5.74, 6) is 0. The molecule has 0 aliphatic carbocycles. The van der Waals surface area contributed by atoms with Crippen molar-refractivity contribution < 1.29 is 0 Å². The molecule has 13 rings (SSSR count). The Kier molecular flexibility index (Phi) is 5.26. The number of anilines is 9. The van der Waals surface area contributed by atoms with Gasteiger partial charge < -0.3 is 14.7 Å². The van der Waals surface area contributed by atoms with Crippen molar-refractivity contribution in [3.8, 4) is 0 Å². The fourth-order valence-electron chi connectivity index (χ4n) is 11.0. The van der Waals surface area contributed by atoms with E-state index in [4.69, 9.17) is 0 Å². The fourth-order valence-corrected chi connectivity index (χ4v) is 14.2. The van der Waals surface area contributed by atoms with Crippen molar-refractivity contribution >= 4 is 96.6 Å². The molecule has 8 aromatic rings. The van der Waals surface area contributed by atoms with Crippen LogP contribution in [0.5, 0.6) is 0 Å². The summed E-state index contributed by atoms with van der Waals surface area (Å²) in [6.07, 6.45) is 0. The van der Waals surface area contributed by atoms with E-state index in [9.17, 15) is 0 Å². The highest BCUT2D eigenvalue weighted by atomic mass is 31.1. The molecule has 0 fully saturated rings. The Balaban J connectivity index is 1.22. The average molecular weight is 710 g/mol. The standard InChI is InChI=1S/C50H36N3P/c1-49(2)34-23-27-40-47-44(34)52(36-25-21-29-13-8-10-17-32(29)42(36)49)38-19-12-20-39-46(38)54(47)48-41(51(40)31-15-6-5-7-16-31)28-24-35-45(48)53(39)37-26-22-30-14-9-11-18-33(30)43(37)50(35,3)4/h5-28H,1-4H3. The predicted octanol–water partition coefficient (Wildman–Crippen LogP) is 12.4. The molecule has 256 valence electrons. The van der Waals surface area contributed by atoms with E-state index in [2.05, 4.69) is 188 Å². The largest absolute Gasteiger partial charge is 0.309 e. The lowest BCUT2D eigenvalue weighted by molar-refractivity contribution is 0.638. The molecule has 0 N–H and O–H groups in total. The summed E-state index contributed by atoms with van der Waals surface area (Å²) < 4.78 is 0. The zero-order chi connectivity index (χ0) is 35.8. The van der Waals surface area contributed by atoms with E-state index in [1.165, 1.54) is 111 Å². The maximum Gasteiger partial charge on any atom is 0.0607 e. The van der Waals surface area contributed by atoms with Gasteiger partial charge in [0.2, 0.25) is 0 Å². The van der Waals surface area contributed by atoms with Crippen LogP contribution in [-0.4, -0.2) is 0 Å². The molecule has 5 aliphatic rings. The van der Waals surface area contributed by atoms with Crippen LogP contribution in [-0.2, 0) is 10.8 Å². The zero-order valence-electron chi connectivity index (χ0n) is 30.6. The Bertz CT molecular complexity index is 2850. The SMILES string of the molecule is CC1(C)c2ccc3c4c2N(c2cccc5c2P4c2c(ccc4c2N5c2ccc5ccccc5c2C4(C)C)N3c2ccccc2)c2ccc3ccccc3c21. The highest BCUT2D eigenvalue weighted by molar-refractivity contribution is 7.82. The summed E-state index contributed by atoms with van der Waals surface area (Å²) in [7, 11) is -0.906. The monoisotopic (exact) mass is 709 g/mol. The first-order valence-electron chi connectivity index (χ1n) is 19.1. The lowest BCUT2D eigenvalue weighted by atomic mass is 9.71. The van der Waals surface area contributed by atoms with Crippen molar-refractivity contribution in [2.24, 2.45) is 0 Å². The van der Waals surface area contributed by atoms with E-state index in [1.54, 1.807) is 0 Å². The number of fused-ring (bicyclic) bond motifs is 10. The van der Waals surface area contributed by atoms with Gasteiger partial charge in [-0.1, -0.05) is 125 Å². The minimum absolute atomic E-state index is 0.209. The summed E-state index contributed by atoms with van der Waals surface area (Å²) in [5.41, 5.74) is 17.0. The highest BCUT2D eigenvalue weighted by Gasteiger charge is 2.54. The molecule has 0 bridgehead atoms. The van der Waals surface area contributed by atoms with Crippen LogP contribution in [0.3, 0.4) is 0 Å². The van der Waals surface area contributed by atoms with Gasteiger partial charge in [0.1, 0.15) is 0 Å². The Morgan fingerprint density at radius 2 is 0.815 bits per heavy atom. The summed E-state index contributed by atoms with van der Waals surface area (Å²) in [6, 6.07) is 55.4. The lowest BCUT2D eigenvalue weighted by Crippen LogP contribution is -2.49. The number of rotatable bonds is 1. The molecule has 0 spiro atoms. The quantitative estimate of drug-likeness (QED) is 0.157. The minimum atomic E-state index is -0.906. The highest BCUT2D eigenvalue weighted by Crippen LogP contribution is 2.68. The molecule has 0 unspecified atom stereocenters. The predicted molar refractivity (Wildman–Crippen MR) is 229 cm³/mol. The lowest BCUT2D eigenvalue weighted by Gasteiger charge is -2.55. The molecule has 0 saturated heterocycles. The van der Waals surface area contributed by atoms with Crippen molar-refractivity contribution in [2.75, 3.05) is 14.7 Å². The van der Waals surface area contributed by atoms with E-state index in [1.807, 2.05) is 0 Å². The minimum Gasteiger partial charge on any atom is -0.309 e. The molecule has 5 aliphatic heterocycles. The van der Waals surface area contributed by atoms with Gasteiger partial charge in [-0.05, 0) is 92.3 Å². The van der Waals surface area contributed by atoms with Gasteiger partial charge in [0, 0.05) is 40.4 Å². The van der Waals surface area contributed by atoms with Gasteiger partial charge in [0.25, 0.3) is 0 Å². The zero-order valence-corrected chi connectivity index (χ0v) is 31.5. The molecular weight excluding hydrogens is 674 g/mol. The van der Waals surface area contributed by atoms with E-state index in [0.717, 1.165) is 0 Å². The normalized spacial score (nSPS) is 17.0. The smallest absolute Gasteiger partial charge is 0.0607 e. The van der Waals surface area contributed by atoms with Gasteiger partial charge >= 0.3 is 0 Å². The Morgan fingerprint density at radius 1 is 0.370 bits per heavy atom. The van der Waals surface area contributed by atoms with Crippen LogP contribution in [0.25, 0.3) is 21.5 Å². The molecular formula is C50H36N3P. The molecule has 0 amide bonds. The second-order valence-corrected chi connectivity index (χ2v) is 18.6. The number of hydrogen-bond acceptors (Lipinski definition) is 3. The van der Waals surface area contributed by atoms with Gasteiger partial charge in [-0.2, -0.15) is 0 Å². The Hall–Kier alpha value is -5.89. The first-order chi connectivity index (χ1) is 26.4. The first-order valence-corrected chi connectivity index (χ1v) is 20.5. The molecule has 4 heteroatoms. The number of para-hydroxylation sites is 1. The van der Waals surface area contributed by atoms with Gasteiger partial charge in [-0.3, -0.25) is 0 Å². The van der Waals surface area contributed by atoms with Crippen LogP contribution in [0.1, 0.15) is 49.9 Å². The third kappa shape index (κ3) is 3.24. The third-order valence-electron chi connectivity index (χ3n) is 13.2. The topological polar surface area (TPSA) is 9.72 Å². The number of nitrogens with zero attached hydrogens (tertiary/aromatic N) is 3. The number of hydrogen-bond donors (Lipinski definition) is 0. The maximum absolute atomic E-state index is 2.66. The van der Waals surface area contributed by atoms with E-state index < -0.39 is 7.92 Å². The van der Waals surface area contributed by atoms with Crippen LogP contribution in [0.2, 0.25) is 0 Å². The van der Waals surface area contributed by atoms with E-state index >= 15 is 0 Å². The fraction of sp³-hybridized carbons (Fsp3) is 0.120. The van der Waals surface area contributed by atoms with Crippen molar-refractivity contribution in [2.45, 2.75) is 38.5 Å². The Morgan fingerprint density at radius 3 is 1.33 bits per heavy atom. The molecule has 3 nitrogen and oxygen atoms in total. The summed E-state index contributed by atoms with van der Waals surface area (Å²) in [5, 5.41) is 9.70. The van der Waals surface area contributed by atoms with Gasteiger partial charge in [0.05, 0.1) is 45.5 Å². The summed E-state index contributed by atoms with van der Waals surface area (Å²) >= 11 is 0. The molecule has 0 atom stereocenters. The van der Waals surface area contributed by atoms with Crippen molar-refractivity contribution in [3.63, 3.8) is 0 Å². The first kappa shape index (κ1) is 29.6. The summed E-state index contributed by atoms with van der Waals surface area (Å²) in [4.78, 5) is 7.90. The molecule has 0 aromatic heterocycles. The molecule has 54 heavy (non-hydrogen) atoms. The van der Waals surface area contributed by atoms with Crippen LogP contribution in [0.15, 0.2) is 146 Å². The molecule has 5 heterocycles. The second kappa shape index (κ2) is 9.61. The maximum atomic E-state index is 2.66. The Labute approximate surface area is 316 Å². The van der Waals surface area contributed by atoms with Crippen molar-refractivity contribution in [1.82, 2.24) is 0 Å². The van der Waals surface area contributed by atoms with E-state index in [0.29, 0.717) is 0 Å². The van der Waals surface area contributed by atoms with Crippen molar-refractivity contribution in [1.29, 1.82) is 0 Å². The third-order valence-corrected chi connectivity index (χ3v) is 15.9. The van der Waals surface area contributed by atoms with E-state index in [-0.39, 0.29) is 10.8 Å². The second-order valence-electron chi connectivity index (χ2n) is 16.6. The molecule has 0 radical (unpaired) electrons. The van der Waals surface area contributed by atoms with Gasteiger partial charge in [-0.25, -0.2) is 0 Å². The van der Waals surface area contributed by atoms with Crippen LogP contribution >= 0.6 is 7.92 Å². The van der Waals surface area contributed by atoms with Gasteiger partial charge in [0.15, 0.2) is 0 Å². The summed E-state index contributed by atoms with van der Waals surface area (Å²) in [6.45, 7) is 9.81. The van der Waals surface area contributed by atoms with Crippen LogP contribution in [0, 0.1) is 0 Å². The van der Waals surface area contributed by atoms with Gasteiger partial charge in [-0.15, -0.1) is 0 Å². The average Bonchev–Trinajstić information content (AvgIpc) is 3.20. The number of benzene rings is 8. The van der Waals surface area contributed by atoms with Crippen LogP contribution < -0.4 is 30.6 Å². The van der Waals surface area contributed by atoms with Crippen LogP contribution in [0.4, 0.5) is 51.2 Å². The molecule has 8 aromatic carbocycles. The van der Waals surface area contributed by atoms with Crippen molar-refractivity contribution in [3.05, 3.63) is 168 Å².